The van der Waals surface area contributed by atoms with E-state index in [1.165, 1.54) is 66.8 Å². The van der Waals surface area contributed by atoms with Crippen molar-refractivity contribution in [3.8, 4) is 12.5 Å². The van der Waals surface area contributed by atoms with Crippen LogP contribution in [0, 0.1) is 23.0 Å². The Morgan fingerprint density at radius 3 is 0.672 bits per heavy atom. The predicted molar refractivity (Wildman–Crippen MR) is 265 cm³/mol. The van der Waals surface area contributed by atoms with Gasteiger partial charge in [0.15, 0.2) is 0 Å². The number of aliphatic imine (C=N–C) groups is 4. The van der Waals surface area contributed by atoms with E-state index in [9.17, 15) is 0 Å². The van der Waals surface area contributed by atoms with Crippen LogP contribution in [0.5, 0.6) is 0 Å². The van der Waals surface area contributed by atoms with E-state index in [-0.39, 0.29) is 39.6 Å². The molecule has 0 spiro atoms. The van der Waals surface area contributed by atoms with Crippen LogP contribution in [0.3, 0.4) is 0 Å². The molecule has 0 unspecified atom stereocenters. The maximum Gasteiger partial charge on any atom is 3.00 e. The van der Waals surface area contributed by atoms with E-state index in [0.717, 1.165) is 120 Å². The minimum absolute atomic E-state index is 0. The van der Waals surface area contributed by atoms with Crippen molar-refractivity contribution in [2.45, 2.75) is 162 Å². The Bertz CT molecular complexity index is 2260. The van der Waals surface area contributed by atoms with Gasteiger partial charge in [-0.3, -0.25) is 20.0 Å². The second kappa shape index (κ2) is 28.8. The van der Waals surface area contributed by atoms with Crippen molar-refractivity contribution in [2.24, 2.45) is 20.0 Å². The van der Waals surface area contributed by atoms with E-state index in [2.05, 4.69) is 135 Å². The molecule has 4 aliphatic rings. The fraction of sp³-hybridized carbons (Fsp3) is 0.444. The van der Waals surface area contributed by atoms with E-state index >= 15 is 0 Å². The normalized spacial score (nSPS) is 17.4. The molecular weight excluding hydrogens is 920 g/mol. The summed E-state index contributed by atoms with van der Waals surface area (Å²) in [7, 11) is 0. The van der Waals surface area contributed by atoms with Gasteiger partial charge in [-0.25, -0.2) is 10.5 Å². The first-order chi connectivity index (χ1) is 30.5. The molecule has 11 nitrogen and oxygen atoms in total. The summed E-state index contributed by atoms with van der Waals surface area (Å²) < 4.78 is 0. The fourth-order valence-electron chi connectivity index (χ4n) is 9.40. The number of rotatable bonds is 12. The van der Waals surface area contributed by atoms with Crippen LogP contribution in [0.1, 0.15) is 181 Å². The van der Waals surface area contributed by atoms with Crippen molar-refractivity contribution in [1.29, 1.82) is 10.5 Å². The third-order valence-electron chi connectivity index (χ3n) is 12.6. The number of aromatic nitrogens is 2. The van der Waals surface area contributed by atoms with Crippen molar-refractivity contribution in [2.75, 3.05) is 0 Å². The Morgan fingerprint density at radius 2 is 0.552 bits per heavy atom. The zero-order valence-electron chi connectivity index (χ0n) is 42.5. The number of nitriles is 2. The van der Waals surface area contributed by atoms with Gasteiger partial charge in [0.25, 0.3) is 0 Å². The van der Waals surface area contributed by atoms with Gasteiger partial charge >= 0.3 is 34.1 Å². The number of hydrogen-bond donors (Lipinski definition) is 0. The van der Waals surface area contributed by atoms with Crippen LogP contribution in [0.4, 0.5) is 0 Å². The Hall–Kier alpha value is -5.26. The summed E-state index contributed by atoms with van der Waals surface area (Å²) >= 11 is 0. The molecule has 6 heterocycles. The smallest absolute Gasteiger partial charge is 2.00 e. The third-order valence-corrected chi connectivity index (χ3v) is 12.6. The second-order valence-electron chi connectivity index (χ2n) is 16.0. The summed E-state index contributed by atoms with van der Waals surface area (Å²) in [6, 6.07) is 0. The predicted octanol–water partition coefficient (Wildman–Crippen LogP) is 11.2. The first-order valence-corrected chi connectivity index (χ1v) is 22.8. The molecule has 2 aromatic heterocycles. The van der Waals surface area contributed by atoms with Gasteiger partial charge < -0.3 is 25.7 Å². The van der Waals surface area contributed by atoms with Crippen LogP contribution in [0.2, 0.25) is 0 Å². The molecule has 0 fully saturated rings. The minimum atomic E-state index is 0. The Kier molecular flexibility index (Phi) is 26.5. The van der Waals surface area contributed by atoms with Crippen molar-refractivity contribution in [3.05, 3.63) is 112 Å². The summed E-state index contributed by atoms with van der Waals surface area (Å²) in [5, 5.41) is 30.0. The van der Waals surface area contributed by atoms with Gasteiger partial charge in [-0.05, 0) is 151 Å². The average molecular weight is 989 g/mol. The molecule has 0 N–H and O–H groups in total. The van der Waals surface area contributed by atoms with Gasteiger partial charge in [0, 0.05) is 35.4 Å². The van der Waals surface area contributed by atoms with Crippen molar-refractivity contribution in [1.82, 2.24) is 9.97 Å². The van der Waals surface area contributed by atoms with E-state index in [1.54, 1.807) is 0 Å². The molecule has 358 valence electrons. The quantitative estimate of drug-likeness (QED) is 0.150. The van der Waals surface area contributed by atoms with E-state index in [4.69, 9.17) is 50.7 Å². The average Bonchev–Trinajstić information content (AvgIpc) is 4.05. The maximum atomic E-state index is 8.24. The molecule has 13 heteroatoms. The van der Waals surface area contributed by atoms with Gasteiger partial charge in [0.1, 0.15) is 0 Å². The molecular formula is C54H68Fe2N8O3. The summed E-state index contributed by atoms with van der Waals surface area (Å²) in [5.74, 6) is 0. The molecule has 0 bridgehead atoms. The van der Waals surface area contributed by atoms with Crippen LogP contribution in [0.15, 0.2) is 87.3 Å². The standard InChI is InChI=1S/2C26H34N3.2CHNO.2Fe.O/c2*1-9-19-15(5)23(27-17(19)7)13-25-21(11-3)22(12-4)26(29-25)14-24-16(6)20(10-2)18(8)28-24;2*2-1-3;;;/h2*13-14H,9-12H2,1-8H3;2*3H;;;/q2*-1;;;2*+3;-2/p-2/b2*23-13-,24-14-;;;;;. The molecule has 2 aromatic rings. The molecule has 2 radical (unpaired) electrons. The van der Waals surface area contributed by atoms with Gasteiger partial charge in [-0.15, -0.1) is 22.8 Å². The van der Waals surface area contributed by atoms with Crippen LogP contribution < -0.4 is 20.2 Å². The van der Waals surface area contributed by atoms with Gasteiger partial charge in [-0.1, -0.05) is 102 Å². The van der Waals surface area contributed by atoms with Gasteiger partial charge in [0.2, 0.25) is 0 Å². The van der Waals surface area contributed by atoms with Gasteiger partial charge in [-0.2, -0.15) is 0 Å². The van der Waals surface area contributed by atoms with Crippen LogP contribution in [-0.2, 0) is 65.3 Å². The Labute approximate surface area is 422 Å². The summed E-state index contributed by atoms with van der Waals surface area (Å²) in [4.78, 5) is 29.4. The molecule has 0 saturated carbocycles. The molecule has 0 saturated heterocycles. The molecule has 67 heavy (non-hydrogen) atoms. The maximum absolute atomic E-state index is 8.24. The zero-order chi connectivity index (χ0) is 48.0. The second-order valence-corrected chi connectivity index (χ2v) is 16.0. The van der Waals surface area contributed by atoms with Crippen LogP contribution in [0.25, 0.3) is 24.3 Å². The minimum Gasteiger partial charge on any atom is -2.00 e. The number of hydrogen-bond acceptors (Lipinski definition) is 8. The van der Waals surface area contributed by atoms with Crippen LogP contribution in [-0.4, -0.2) is 22.8 Å². The zero-order valence-corrected chi connectivity index (χ0v) is 44.7. The topological polar surface area (TPSA) is 200 Å². The van der Waals surface area contributed by atoms with E-state index in [0.29, 0.717) is 12.5 Å². The Balaban J connectivity index is 0.00000112. The summed E-state index contributed by atoms with van der Waals surface area (Å²) in [6.45, 7) is 34.8. The first-order valence-electron chi connectivity index (χ1n) is 22.8. The summed E-state index contributed by atoms with van der Waals surface area (Å²) in [5.41, 5.74) is 29.0. The van der Waals surface area contributed by atoms with E-state index < -0.39 is 0 Å². The fourth-order valence-corrected chi connectivity index (χ4v) is 9.40. The van der Waals surface area contributed by atoms with Gasteiger partial charge in [0.05, 0.1) is 22.8 Å². The van der Waals surface area contributed by atoms with Crippen molar-refractivity contribution >= 4 is 47.2 Å². The largest absolute Gasteiger partial charge is 3.00 e. The van der Waals surface area contributed by atoms with Crippen molar-refractivity contribution < 1.29 is 49.8 Å². The first kappa shape index (κ1) is 61.7. The van der Waals surface area contributed by atoms with Crippen LogP contribution >= 0.6 is 0 Å². The molecule has 0 aliphatic carbocycles. The summed E-state index contributed by atoms with van der Waals surface area (Å²) in [6.07, 6.45) is 17.7. The molecule has 6 rings (SSSR count). The van der Waals surface area contributed by atoms with E-state index in [1.807, 2.05) is 0 Å². The number of allylic oxidation sites excluding steroid dienone is 8. The van der Waals surface area contributed by atoms with Crippen molar-refractivity contribution in [3.63, 3.8) is 0 Å². The molecule has 0 atom stereocenters. The third kappa shape index (κ3) is 13.9. The SMILES string of the molecule is CCC1=C(C)/C(=C/c2[n-]c(/C=C3\N=C(C)C(CC)=C3C)c(CC)c2CC)N=C1C.CCC1=C(C)/C(=C/c2[n-]c(/C=C3\N=C(C)C(CC)=C3C)c(CC)c2CC)N=C1C.N#C[O-].N#C[O-].[Fe+3].[Fe+3].[O-2]. The Morgan fingerprint density at radius 1 is 0.388 bits per heavy atom. The molecule has 0 aromatic carbocycles. The monoisotopic (exact) mass is 988 g/mol. The number of nitrogens with zero attached hydrogens (tertiary/aromatic N) is 8. The molecule has 4 aliphatic heterocycles. The molecule has 0 amide bonds.